The first kappa shape index (κ1) is 8.88. The van der Waals surface area contributed by atoms with Gasteiger partial charge in [0.2, 0.25) is 0 Å². The summed E-state index contributed by atoms with van der Waals surface area (Å²) in [6, 6.07) is 0. The third-order valence-corrected chi connectivity index (χ3v) is 1.02. The number of hydrogen-bond acceptors (Lipinski definition) is 2. The Morgan fingerprint density at radius 3 is 2.10 bits per heavy atom. The standard InChI is InChI=1S/C7H10O3/c1-3-4-6(5(2)8)7(9)10/h4H,3H2,1-2H3,(H,9,10). The van der Waals surface area contributed by atoms with E-state index in [0.29, 0.717) is 6.42 Å². The van der Waals surface area contributed by atoms with Crippen molar-refractivity contribution >= 4 is 11.8 Å². The van der Waals surface area contributed by atoms with Crippen LogP contribution in [0.4, 0.5) is 0 Å². The molecule has 3 nitrogen and oxygen atoms in total. The van der Waals surface area contributed by atoms with E-state index in [1.165, 1.54) is 13.0 Å². The summed E-state index contributed by atoms with van der Waals surface area (Å²) in [5.41, 5.74) is -0.123. The molecule has 0 aliphatic rings. The molecule has 10 heavy (non-hydrogen) atoms. The molecule has 1 N–H and O–H groups in total. The van der Waals surface area contributed by atoms with Crippen LogP contribution in [-0.4, -0.2) is 16.9 Å². The Labute approximate surface area is 59.4 Å². The lowest BCUT2D eigenvalue weighted by Crippen LogP contribution is -2.08. The predicted molar refractivity (Wildman–Crippen MR) is 36.7 cm³/mol. The summed E-state index contributed by atoms with van der Waals surface area (Å²) in [7, 11) is 0. The fourth-order valence-electron chi connectivity index (χ4n) is 0.586. The summed E-state index contributed by atoms with van der Waals surface area (Å²) >= 11 is 0. The van der Waals surface area contributed by atoms with E-state index >= 15 is 0 Å². The molecule has 0 aromatic rings. The Kier molecular flexibility index (Phi) is 3.39. The zero-order valence-corrected chi connectivity index (χ0v) is 6.05. The molecule has 0 radical (unpaired) electrons. The maximum Gasteiger partial charge on any atom is 0.338 e. The minimum atomic E-state index is -1.14. The van der Waals surface area contributed by atoms with E-state index in [9.17, 15) is 9.59 Å². The molecule has 0 amide bonds. The Morgan fingerprint density at radius 1 is 1.50 bits per heavy atom. The highest BCUT2D eigenvalue weighted by atomic mass is 16.4. The van der Waals surface area contributed by atoms with Gasteiger partial charge in [-0.15, -0.1) is 0 Å². The molecule has 0 unspecified atom stereocenters. The Hall–Kier alpha value is -1.12. The number of aliphatic carboxylic acids is 1. The lowest BCUT2D eigenvalue weighted by Gasteiger charge is -1.92. The number of carboxylic acid groups (broad SMARTS) is 1. The summed E-state index contributed by atoms with van der Waals surface area (Å²) in [6.45, 7) is 3.03. The van der Waals surface area contributed by atoms with Crippen molar-refractivity contribution in [2.75, 3.05) is 0 Å². The highest BCUT2D eigenvalue weighted by molar-refractivity contribution is 6.15. The summed E-state index contributed by atoms with van der Waals surface area (Å²) in [5.74, 6) is -1.54. The van der Waals surface area contributed by atoms with Crippen LogP contribution in [0, 0.1) is 0 Å². The van der Waals surface area contributed by atoms with Gasteiger partial charge in [-0.25, -0.2) is 4.79 Å². The number of rotatable bonds is 3. The van der Waals surface area contributed by atoms with Crippen LogP contribution in [-0.2, 0) is 9.59 Å². The Morgan fingerprint density at radius 2 is 2.00 bits per heavy atom. The molecule has 0 atom stereocenters. The molecule has 0 aliphatic carbocycles. The molecule has 3 heteroatoms. The van der Waals surface area contributed by atoms with Crippen LogP contribution in [0.3, 0.4) is 0 Å². The van der Waals surface area contributed by atoms with Crippen molar-refractivity contribution in [3.05, 3.63) is 11.6 Å². The largest absolute Gasteiger partial charge is 0.478 e. The molecule has 0 saturated carbocycles. The number of Topliss-reactive ketones (excluding diaryl/α,β-unsaturated/α-hetero) is 1. The first-order chi connectivity index (χ1) is 4.59. The monoisotopic (exact) mass is 142 g/mol. The van der Waals surface area contributed by atoms with E-state index in [4.69, 9.17) is 5.11 Å². The molecule has 56 valence electrons. The van der Waals surface area contributed by atoms with Crippen LogP contribution in [0.1, 0.15) is 20.3 Å². The van der Waals surface area contributed by atoms with Crippen LogP contribution in [0.5, 0.6) is 0 Å². The van der Waals surface area contributed by atoms with Crippen molar-refractivity contribution < 1.29 is 14.7 Å². The molecular weight excluding hydrogens is 132 g/mol. The van der Waals surface area contributed by atoms with Crippen molar-refractivity contribution in [1.29, 1.82) is 0 Å². The number of carboxylic acids is 1. The minimum absolute atomic E-state index is 0.123. The topological polar surface area (TPSA) is 54.4 Å². The molecule has 0 heterocycles. The van der Waals surface area contributed by atoms with Crippen molar-refractivity contribution in [3.8, 4) is 0 Å². The number of ketones is 1. The number of hydrogen-bond donors (Lipinski definition) is 1. The second-order valence-electron chi connectivity index (χ2n) is 1.89. The van der Waals surface area contributed by atoms with Crippen molar-refractivity contribution in [1.82, 2.24) is 0 Å². The van der Waals surface area contributed by atoms with E-state index in [0.717, 1.165) is 0 Å². The van der Waals surface area contributed by atoms with Crippen LogP contribution in [0.25, 0.3) is 0 Å². The van der Waals surface area contributed by atoms with E-state index in [1.807, 2.05) is 0 Å². The van der Waals surface area contributed by atoms with Crippen molar-refractivity contribution in [3.63, 3.8) is 0 Å². The third kappa shape index (κ3) is 2.44. The second-order valence-corrected chi connectivity index (χ2v) is 1.89. The van der Waals surface area contributed by atoms with Gasteiger partial charge in [-0.05, 0) is 13.3 Å². The first-order valence-corrected chi connectivity index (χ1v) is 3.04. The second kappa shape index (κ2) is 3.82. The Bertz CT molecular complexity index is 163. The van der Waals surface area contributed by atoms with Gasteiger partial charge >= 0.3 is 5.97 Å². The highest BCUT2D eigenvalue weighted by Gasteiger charge is 2.10. The van der Waals surface area contributed by atoms with E-state index in [1.54, 1.807) is 6.92 Å². The summed E-state index contributed by atoms with van der Waals surface area (Å²) < 4.78 is 0. The maximum atomic E-state index is 10.5. The van der Waals surface area contributed by atoms with Crippen LogP contribution in [0.2, 0.25) is 0 Å². The zero-order chi connectivity index (χ0) is 8.15. The first-order valence-electron chi connectivity index (χ1n) is 3.04. The fourth-order valence-corrected chi connectivity index (χ4v) is 0.586. The highest BCUT2D eigenvalue weighted by Crippen LogP contribution is 1.97. The Balaban J connectivity index is 4.42. The van der Waals surface area contributed by atoms with Crippen molar-refractivity contribution in [2.45, 2.75) is 20.3 Å². The molecule has 0 fully saturated rings. The van der Waals surface area contributed by atoms with E-state index in [-0.39, 0.29) is 5.57 Å². The summed E-state index contributed by atoms with van der Waals surface area (Å²) in [4.78, 5) is 20.8. The predicted octanol–water partition coefficient (Wildman–Crippen LogP) is 0.996. The van der Waals surface area contributed by atoms with Gasteiger partial charge in [0, 0.05) is 0 Å². The van der Waals surface area contributed by atoms with Gasteiger partial charge in [0.05, 0.1) is 5.57 Å². The molecule has 0 rings (SSSR count). The molecule has 0 saturated heterocycles. The smallest absolute Gasteiger partial charge is 0.338 e. The summed E-state index contributed by atoms with van der Waals surface area (Å²) in [6.07, 6.45) is 1.98. The van der Waals surface area contributed by atoms with Gasteiger partial charge in [-0.1, -0.05) is 13.0 Å². The van der Waals surface area contributed by atoms with Crippen molar-refractivity contribution in [2.24, 2.45) is 0 Å². The molecule has 0 aromatic carbocycles. The summed E-state index contributed by atoms with van der Waals surface area (Å²) in [5, 5.41) is 8.39. The maximum absolute atomic E-state index is 10.5. The third-order valence-electron chi connectivity index (χ3n) is 1.02. The van der Waals surface area contributed by atoms with Gasteiger partial charge in [0.25, 0.3) is 0 Å². The SMILES string of the molecule is CCC=C(C(C)=O)C(=O)O. The lowest BCUT2D eigenvalue weighted by molar-refractivity contribution is -0.134. The number of carbonyl (C=O) groups is 2. The van der Waals surface area contributed by atoms with Gasteiger partial charge in [0.15, 0.2) is 5.78 Å². The number of allylic oxidation sites excluding steroid dienone is 1. The molecular formula is C7H10O3. The quantitative estimate of drug-likeness (QED) is 0.363. The van der Waals surface area contributed by atoms with Gasteiger partial charge in [0.1, 0.15) is 0 Å². The van der Waals surface area contributed by atoms with Gasteiger partial charge in [-0.2, -0.15) is 0 Å². The van der Waals surface area contributed by atoms with Gasteiger partial charge in [-0.3, -0.25) is 4.79 Å². The van der Waals surface area contributed by atoms with Crippen LogP contribution in [0.15, 0.2) is 11.6 Å². The molecule has 0 aliphatic heterocycles. The average molecular weight is 142 g/mol. The van der Waals surface area contributed by atoms with Gasteiger partial charge < -0.3 is 5.11 Å². The van der Waals surface area contributed by atoms with E-state index in [2.05, 4.69) is 0 Å². The minimum Gasteiger partial charge on any atom is -0.478 e. The van der Waals surface area contributed by atoms with Crippen LogP contribution >= 0.6 is 0 Å². The van der Waals surface area contributed by atoms with Crippen LogP contribution < -0.4 is 0 Å². The molecule has 0 aromatic heterocycles. The molecule has 0 bridgehead atoms. The fraction of sp³-hybridized carbons (Fsp3) is 0.429. The number of carbonyl (C=O) groups excluding carboxylic acids is 1. The molecule has 0 spiro atoms. The zero-order valence-electron chi connectivity index (χ0n) is 6.05. The lowest BCUT2D eigenvalue weighted by atomic mass is 10.1. The average Bonchev–Trinajstić information content (AvgIpc) is 1.81. The van der Waals surface area contributed by atoms with E-state index < -0.39 is 11.8 Å². The normalized spacial score (nSPS) is 11.2.